The SMILES string of the molecule is CCc1c(-c2ccccc2)n(C)[n+](C)c1-c1ccccc1.CCc1c(-c2ccccc2)n(C)[n+](C)c1-c1ccccc1.COS(=O)(=O)[O-].O=S(=O)([O-])[O-].[H+]. The van der Waals surface area contributed by atoms with Gasteiger partial charge in [0.05, 0.1) is 32.3 Å². The van der Waals surface area contributed by atoms with E-state index in [1.807, 2.05) is 0 Å². The highest BCUT2D eigenvalue weighted by molar-refractivity contribution is 7.80. The molecule has 2 heterocycles. The molecule has 0 atom stereocenters. The van der Waals surface area contributed by atoms with E-state index in [0.29, 0.717) is 0 Å². The van der Waals surface area contributed by atoms with Crippen LogP contribution in [0.15, 0.2) is 121 Å². The summed E-state index contributed by atoms with van der Waals surface area (Å²) in [4.78, 5) is 0. The number of benzene rings is 4. The summed E-state index contributed by atoms with van der Waals surface area (Å²) in [7, 11) is -0.239. The Bertz CT molecular complexity index is 2020. The Morgan fingerprint density at radius 3 is 0.981 bits per heavy atom. The fourth-order valence-electron chi connectivity index (χ4n) is 6.10. The van der Waals surface area contributed by atoms with Crippen molar-refractivity contribution in [3.05, 3.63) is 132 Å². The molecule has 6 rings (SSSR count). The lowest BCUT2D eigenvalue weighted by Gasteiger charge is -2.06. The molecule has 0 amide bonds. The van der Waals surface area contributed by atoms with Crippen LogP contribution in [-0.2, 0) is 66.0 Å². The van der Waals surface area contributed by atoms with Gasteiger partial charge < -0.3 is 13.7 Å². The van der Waals surface area contributed by atoms with Crippen molar-refractivity contribution < 1.29 is 45.5 Å². The lowest BCUT2D eigenvalue weighted by molar-refractivity contribution is -0.740. The van der Waals surface area contributed by atoms with Crippen LogP contribution in [0.5, 0.6) is 0 Å². The van der Waals surface area contributed by atoms with Crippen LogP contribution < -0.4 is 9.36 Å². The zero-order valence-corrected chi connectivity index (χ0v) is 32.5. The number of rotatable bonds is 7. The summed E-state index contributed by atoms with van der Waals surface area (Å²) >= 11 is 0. The standard InChI is InChI=1S/2C19H21N2.CH4O4S.H2O4S/c2*1-4-17-18(15-11-7-5-8-12-15)20(2)21(3)19(17)16-13-9-6-10-14-16;1-5-6(2,3)4;1-5(2,3)4/h2*5-14H,4H2,1-3H3;1H3,(H,2,3,4);(H2,1,2,3,4)/q2*+1;;/p-2. The number of hydrogen-bond donors (Lipinski definition) is 0. The van der Waals surface area contributed by atoms with Crippen molar-refractivity contribution in [2.24, 2.45) is 28.2 Å². The summed E-state index contributed by atoms with van der Waals surface area (Å²) in [5, 5.41) is 0. The molecule has 12 nitrogen and oxygen atoms in total. The fraction of sp³-hybridized carbons (Fsp3) is 0.231. The van der Waals surface area contributed by atoms with Crippen molar-refractivity contribution in [2.75, 3.05) is 7.11 Å². The molecule has 0 unspecified atom stereocenters. The van der Waals surface area contributed by atoms with Crippen LogP contribution >= 0.6 is 0 Å². The summed E-state index contributed by atoms with van der Waals surface area (Å²) in [5.41, 5.74) is 13.1. The van der Waals surface area contributed by atoms with Gasteiger partial charge in [0.25, 0.3) is 0 Å². The second kappa shape index (κ2) is 19.2. The highest BCUT2D eigenvalue weighted by Crippen LogP contribution is 2.32. The minimum Gasteiger partial charge on any atom is -0.759 e. The number of nitrogens with zero attached hydrogens (tertiary/aromatic N) is 4. The van der Waals surface area contributed by atoms with Crippen molar-refractivity contribution >= 4 is 20.8 Å². The Kier molecular flexibility index (Phi) is 15.4. The van der Waals surface area contributed by atoms with E-state index in [-0.39, 0.29) is 1.43 Å². The molecule has 4 aromatic carbocycles. The van der Waals surface area contributed by atoms with E-state index in [2.05, 4.69) is 186 Å². The van der Waals surface area contributed by atoms with Crippen molar-refractivity contribution in [1.82, 2.24) is 9.36 Å². The molecule has 0 fully saturated rings. The van der Waals surface area contributed by atoms with Crippen LogP contribution in [0.25, 0.3) is 45.0 Å². The third-order valence-electron chi connectivity index (χ3n) is 8.44. The fourth-order valence-corrected chi connectivity index (χ4v) is 6.10. The molecular formula is C39H46N4O8S2. The highest BCUT2D eigenvalue weighted by atomic mass is 32.3. The van der Waals surface area contributed by atoms with E-state index in [1.54, 1.807) is 0 Å². The monoisotopic (exact) mass is 762 g/mol. The van der Waals surface area contributed by atoms with Crippen molar-refractivity contribution in [3.63, 3.8) is 0 Å². The van der Waals surface area contributed by atoms with E-state index in [1.165, 1.54) is 56.2 Å². The van der Waals surface area contributed by atoms with Crippen LogP contribution in [0.3, 0.4) is 0 Å². The third kappa shape index (κ3) is 11.8. The largest absolute Gasteiger partial charge is 1.00 e. The van der Waals surface area contributed by atoms with Gasteiger partial charge in [0, 0.05) is 32.7 Å². The Morgan fingerprint density at radius 1 is 0.547 bits per heavy atom. The van der Waals surface area contributed by atoms with Gasteiger partial charge in [0.2, 0.25) is 21.8 Å². The van der Waals surface area contributed by atoms with E-state index >= 15 is 0 Å². The second-order valence-electron chi connectivity index (χ2n) is 11.6. The maximum absolute atomic E-state index is 9.22. The molecule has 14 heteroatoms. The molecule has 0 saturated heterocycles. The highest BCUT2D eigenvalue weighted by Gasteiger charge is 2.28. The molecule has 0 saturated carbocycles. The van der Waals surface area contributed by atoms with Gasteiger partial charge in [0.1, 0.15) is 11.4 Å². The van der Waals surface area contributed by atoms with E-state index in [9.17, 15) is 13.0 Å². The maximum Gasteiger partial charge on any atom is 1.00 e. The summed E-state index contributed by atoms with van der Waals surface area (Å²) in [6.45, 7) is 4.46. The first-order valence-electron chi connectivity index (χ1n) is 16.6. The quantitative estimate of drug-likeness (QED) is 0.119. The van der Waals surface area contributed by atoms with Crippen molar-refractivity contribution in [3.8, 4) is 45.0 Å². The zero-order chi connectivity index (χ0) is 39.3. The first-order chi connectivity index (χ1) is 25.0. The molecule has 0 aliphatic rings. The topological polar surface area (TPSA) is 164 Å². The van der Waals surface area contributed by atoms with Crippen LogP contribution in [-0.4, -0.2) is 47.0 Å². The molecule has 0 bridgehead atoms. The Balaban J connectivity index is 0.000000290. The maximum atomic E-state index is 9.22. The van der Waals surface area contributed by atoms with Gasteiger partial charge in [-0.05, 0) is 37.1 Å². The number of aromatic nitrogens is 4. The Hall–Kier alpha value is -4.96. The van der Waals surface area contributed by atoms with Gasteiger partial charge in [-0.3, -0.25) is 12.6 Å². The first kappa shape index (κ1) is 42.5. The third-order valence-corrected chi connectivity index (χ3v) is 8.85. The molecule has 0 aliphatic heterocycles. The Morgan fingerprint density at radius 2 is 0.774 bits per heavy atom. The lowest BCUT2D eigenvalue weighted by Crippen LogP contribution is -2.39. The van der Waals surface area contributed by atoms with Crippen LogP contribution in [0.4, 0.5) is 0 Å². The van der Waals surface area contributed by atoms with E-state index in [0.717, 1.165) is 20.0 Å². The van der Waals surface area contributed by atoms with Gasteiger partial charge in [-0.1, -0.05) is 111 Å². The predicted molar refractivity (Wildman–Crippen MR) is 202 cm³/mol. The molecule has 282 valence electrons. The summed E-state index contributed by atoms with van der Waals surface area (Å²) < 4.78 is 74.1. The van der Waals surface area contributed by atoms with Crippen molar-refractivity contribution in [1.29, 1.82) is 0 Å². The predicted octanol–water partition coefficient (Wildman–Crippen LogP) is 5.36. The van der Waals surface area contributed by atoms with Gasteiger partial charge in [0.15, 0.2) is 14.1 Å². The van der Waals surface area contributed by atoms with E-state index < -0.39 is 20.8 Å². The summed E-state index contributed by atoms with van der Waals surface area (Å²) in [6, 6.07) is 42.5. The first-order valence-corrected chi connectivity index (χ1v) is 19.3. The minimum atomic E-state index is -5.17. The van der Waals surface area contributed by atoms with Gasteiger partial charge in [-0.2, -0.15) is 9.36 Å². The Labute approximate surface area is 314 Å². The normalized spacial score (nSPS) is 11.0. The van der Waals surface area contributed by atoms with Crippen LogP contribution in [0, 0.1) is 0 Å². The summed E-state index contributed by atoms with van der Waals surface area (Å²) in [5.74, 6) is 0. The average molecular weight is 763 g/mol. The lowest BCUT2D eigenvalue weighted by atomic mass is 10.00. The average Bonchev–Trinajstić information content (AvgIpc) is 3.56. The molecule has 53 heavy (non-hydrogen) atoms. The molecule has 6 aromatic rings. The van der Waals surface area contributed by atoms with E-state index in [4.69, 9.17) is 17.5 Å². The zero-order valence-electron chi connectivity index (χ0n) is 31.8. The minimum absolute atomic E-state index is 0. The molecule has 0 N–H and O–H groups in total. The van der Waals surface area contributed by atoms with Crippen LogP contribution in [0.2, 0.25) is 0 Å². The second-order valence-corrected chi connectivity index (χ2v) is 13.6. The van der Waals surface area contributed by atoms with Crippen molar-refractivity contribution in [2.45, 2.75) is 26.7 Å². The molecule has 0 aliphatic carbocycles. The smallest absolute Gasteiger partial charge is 0.759 e. The van der Waals surface area contributed by atoms with Gasteiger partial charge in [-0.15, -0.1) is 9.36 Å². The van der Waals surface area contributed by atoms with Gasteiger partial charge >= 0.3 is 1.43 Å². The molecule has 0 spiro atoms. The molecular weight excluding hydrogens is 717 g/mol. The molecule has 0 radical (unpaired) electrons. The van der Waals surface area contributed by atoms with Gasteiger partial charge in [-0.25, -0.2) is 8.42 Å². The summed E-state index contributed by atoms with van der Waals surface area (Å²) in [6.07, 6.45) is 2.03. The number of hydrogen-bond acceptors (Lipinski definition) is 8. The molecule has 2 aromatic heterocycles. The van der Waals surface area contributed by atoms with Crippen LogP contribution in [0.1, 0.15) is 26.4 Å².